The van der Waals surface area contributed by atoms with Gasteiger partial charge >= 0.3 is 0 Å². The van der Waals surface area contributed by atoms with Gasteiger partial charge in [0.1, 0.15) is 17.9 Å². The van der Waals surface area contributed by atoms with E-state index in [0.717, 1.165) is 26.7 Å². The van der Waals surface area contributed by atoms with Crippen LogP contribution in [0.25, 0.3) is 0 Å². The number of anilines is 1. The summed E-state index contributed by atoms with van der Waals surface area (Å²) in [5, 5.41) is 3.06. The van der Waals surface area contributed by atoms with Gasteiger partial charge in [0, 0.05) is 18.1 Å². The maximum absolute atomic E-state index is 13.9. The molecule has 3 aromatic carbocycles. The Bertz CT molecular complexity index is 1430. The molecule has 0 spiro atoms. The van der Waals surface area contributed by atoms with E-state index in [4.69, 9.17) is 14.2 Å². The summed E-state index contributed by atoms with van der Waals surface area (Å²) in [5.74, 6) is 0.976. The van der Waals surface area contributed by atoms with Gasteiger partial charge < -0.3 is 19.5 Å². The van der Waals surface area contributed by atoms with Gasteiger partial charge in [-0.2, -0.15) is 0 Å². The smallest absolute Gasteiger partial charge is 0.264 e. The van der Waals surface area contributed by atoms with Crippen molar-refractivity contribution < 1.29 is 27.4 Å². The van der Waals surface area contributed by atoms with Gasteiger partial charge in [-0.1, -0.05) is 29.8 Å². The quantitative estimate of drug-likeness (QED) is 0.437. The fourth-order valence-corrected chi connectivity index (χ4v) is 6.03. The molecule has 9 heteroatoms. The summed E-state index contributed by atoms with van der Waals surface area (Å²) in [5.41, 5.74) is 2.77. The maximum atomic E-state index is 13.9. The molecule has 4 rings (SSSR count). The molecule has 0 aromatic heterocycles. The number of hydrogen-bond donors (Lipinski definition) is 1. The number of methoxy groups -OCH3 is 2. The van der Waals surface area contributed by atoms with Crippen molar-refractivity contribution in [1.82, 2.24) is 5.32 Å². The Labute approximate surface area is 224 Å². The molecule has 1 atom stereocenters. The number of fused-ring (bicyclic) bond motifs is 1. The minimum absolute atomic E-state index is 0.0171. The third-order valence-corrected chi connectivity index (χ3v) is 8.28. The Kier molecular flexibility index (Phi) is 7.60. The minimum atomic E-state index is -4.14. The van der Waals surface area contributed by atoms with Gasteiger partial charge in [0.2, 0.25) is 5.91 Å². The first-order valence-electron chi connectivity index (χ1n) is 12.3. The van der Waals surface area contributed by atoms with Crippen LogP contribution in [0.2, 0.25) is 0 Å². The highest BCUT2D eigenvalue weighted by molar-refractivity contribution is 7.92. The van der Waals surface area contributed by atoms with Crippen molar-refractivity contribution in [2.24, 2.45) is 0 Å². The van der Waals surface area contributed by atoms with Crippen molar-refractivity contribution in [1.29, 1.82) is 0 Å². The Balaban J connectivity index is 1.67. The van der Waals surface area contributed by atoms with E-state index >= 15 is 0 Å². The lowest BCUT2D eigenvalue weighted by Gasteiger charge is -2.38. The van der Waals surface area contributed by atoms with E-state index in [0.29, 0.717) is 17.9 Å². The lowest BCUT2D eigenvalue weighted by atomic mass is 9.89. The average Bonchev–Trinajstić information content (AvgIpc) is 2.86. The second kappa shape index (κ2) is 10.6. The number of benzene rings is 3. The fourth-order valence-electron chi connectivity index (χ4n) is 4.59. The number of aryl methyl sites for hydroxylation is 2. The molecule has 3 aromatic rings. The van der Waals surface area contributed by atoms with Crippen LogP contribution in [0.1, 0.15) is 43.0 Å². The summed E-state index contributed by atoms with van der Waals surface area (Å²) < 4.78 is 45.6. The van der Waals surface area contributed by atoms with Gasteiger partial charge in [0.25, 0.3) is 10.0 Å². The molecule has 0 fully saturated rings. The lowest BCUT2D eigenvalue weighted by Crippen LogP contribution is -2.45. The van der Waals surface area contributed by atoms with Crippen LogP contribution >= 0.6 is 0 Å². The second-order valence-electron chi connectivity index (χ2n) is 10.1. The number of carbonyl (C=O) groups excluding carboxylic acids is 1. The number of carbonyl (C=O) groups is 1. The molecule has 1 unspecified atom stereocenters. The number of nitrogens with zero attached hydrogens (tertiary/aromatic N) is 1. The Morgan fingerprint density at radius 3 is 2.29 bits per heavy atom. The van der Waals surface area contributed by atoms with Crippen LogP contribution in [-0.2, 0) is 14.8 Å². The summed E-state index contributed by atoms with van der Waals surface area (Å²) >= 11 is 0. The Hall–Kier alpha value is -3.72. The predicted octanol–water partition coefficient (Wildman–Crippen LogP) is 4.93. The molecular weight excluding hydrogens is 504 g/mol. The van der Waals surface area contributed by atoms with E-state index in [1.807, 2.05) is 58.0 Å². The van der Waals surface area contributed by atoms with Crippen molar-refractivity contribution in [2.45, 2.75) is 50.7 Å². The zero-order chi connectivity index (χ0) is 27.7. The minimum Gasteiger partial charge on any atom is -0.493 e. The Morgan fingerprint density at radius 1 is 0.974 bits per heavy atom. The van der Waals surface area contributed by atoms with Crippen molar-refractivity contribution in [3.63, 3.8) is 0 Å². The molecule has 1 aliphatic heterocycles. The van der Waals surface area contributed by atoms with Gasteiger partial charge in [-0.15, -0.1) is 0 Å². The normalized spacial score (nSPS) is 16.1. The molecule has 38 heavy (non-hydrogen) atoms. The zero-order valence-corrected chi connectivity index (χ0v) is 23.4. The summed E-state index contributed by atoms with van der Waals surface area (Å²) in [6, 6.07) is 16.9. The molecule has 8 nitrogen and oxygen atoms in total. The molecule has 0 bridgehead atoms. The van der Waals surface area contributed by atoms with Crippen molar-refractivity contribution in [2.75, 3.05) is 25.1 Å². The number of amides is 1. The van der Waals surface area contributed by atoms with Gasteiger partial charge in [0.15, 0.2) is 11.5 Å². The van der Waals surface area contributed by atoms with Crippen LogP contribution in [0.4, 0.5) is 5.69 Å². The van der Waals surface area contributed by atoms with Crippen molar-refractivity contribution in [3.8, 4) is 17.2 Å². The topological polar surface area (TPSA) is 94.2 Å². The van der Waals surface area contributed by atoms with E-state index in [1.54, 1.807) is 12.1 Å². The fraction of sp³-hybridized carbons (Fsp3) is 0.345. The van der Waals surface area contributed by atoms with Gasteiger partial charge in [0.05, 0.1) is 30.8 Å². The molecule has 202 valence electrons. The van der Waals surface area contributed by atoms with Crippen molar-refractivity contribution >= 4 is 21.6 Å². The molecule has 1 aliphatic rings. The molecule has 0 saturated heterocycles. The largest absolute Gasteiger partial charge is 0.493 e. The predicted molar refractivity (Wildman–Crippen MR) is 147 cm³/mol. The van der Waals surface area contributed by atoms with E-state index in [1.165, 1.54) is 32.4 Å². The second-order valence-corrected chi connectivity index (χ2v) is 12.0. The first kappa shape index (κ1) is 27.3. The van der Waals surface area contributed by atoms with E-state index < -0.39 is 28.1 Å². The number of ether oxygens (including phenoxy) is 3. The maximum Gasteiger partial charge on any atom is 0.264 e. The first-order valence-corrected chi connectivity index (χ1v) is 13.8. The highest BCUT2D eigenvalue weighted by Gasteiger charge is 2.36. The summed E-state index contributed by atoms with van der Waals surface area (Å²) in [6.45, 7) is 7.43. The van der Waals surface area contributed by atoms with E-state index in [-0.39, 0.29) is 16.7 Å². The average molecular weight is 539 g/mol. The SMILES string of the molecule is COc1ccc(S(=O)(=O)N(CC(=O)NC2CC(C)(C)Oc3cc(C)ccc32)c2ccc(C)cc2)cc1OC. The highest BCUT2D eigenvalue weighted by atomic mass is 32.2. The first-order chi connectivity index (χ1) is 17.9. The van der Waals surface area contributed by atoms with Gasteiger partial charge in [-0.25, -0.2) is 8.42 Å². The molecular formula is C29H34N2O6S. The third kappa shape index (κ3) is 5.72. The molecule has 0 saturated carbocycles. The Morgan fingerprint density at radius 2 is 1.63 bits per heavy atom. The summed E-state index contributed by atoms with van der Waals surface area (Å²) in [7, 11) is -1.22. The van der Waals surface area contributed by atoms with Crippen LogP contribution in [0.15, 0.2) is 65.6 Å². The van der Waals surface area contributed by atoms with Crippen LogP contribution in [-0.4, -0.2) is 40.7 Å². The molecule has 1 amide bonds. The van der Waals surface area contributed by atoms with Crippen LogP contribution in [0.5, 0.6) is 17.2 Å². The van der Waals surface area contributed by atoms with Gasteiger partial charge in [-0.3, -0.25) is 9.10 Å². The summed E-state index contributed by atoms with van der Waals surface area (Å²) in [6.07, 6.45) is 0.543. The number of sulfonamides is 1. The highest BCUT2D eigenvalue weighted by Crippen LogP contribution is 2.40. The number of rotatable bonds is 8. The van der Waals surface area contributed by atoms with E-state index in [2.05, 4.69) is 5.32 Å². The van der Waals surface area contributed by atoms with Crippen LogP contribution < -0.4 is 23.8 Å². The summed E-state index contributed by atoms with van der Waals surface area (Å²) in [4.78, 5) is 13.4. The lowest BCUT2D eigenvalue weighted by molar-refractivity contribution is -0.120. The van der Waals surface area contributed by atoms with Crippen LogP contribution in [0, 0.1) is 13.8 Å². The molecule has 1 heterocycles. The molecule has 1 N–H and O–H groups in total. The van der Waals surface area contributed by atoms with E-state index in [9.17, 15) is 13.2 Å². The molecule has 0 aliphatic carbocycles. The van der Waals surface area contributed by atoms with Crippen molar-refractivity contribution in [3.05, 3.63) is 77.4 Å². The standard InChI is InChI=1S/C29H34N2O6S/c1-19-7-10-21(11-8-19)31(38(33,34)22-12-14-25(35-5)27(16-22)36-6)18-28(32)30-24-17-29(3,4)37-26-15-20(2)9-13-23(24)26/h7-16,24H,17-18H2,1-6H3,(H,30,32). The van der Waals surface area contributed by atoms with Gasteiger partial charge in [-0.05, 0) is 63.6 Å². The monoisotopic (exact) mass is 538 g/mol. The number of nitrogens with one attached hydrogen (secondary N) is 1. The third-order valence-electron chi connectivity index (χ3n) is 6.51. The molecule has 0 radical (unpaired) electrons. The van der Waals surface area contributed by atoms with Crippen LogP contribution in [0.3, 0.4) is 0 Å². The number of hydrogen-bond acceptors (Lipinski definition) is 6. The zero-order valence-electron chi connectivity index (χ0n) is 22.6.